The second-order valence-electron chi connectivity index (χ2n) is 2.69. The molecule has 0 amide bonds. The summed E-state index contributed by atoms with van der Waals surface area (Å²) in [6.45, 7) is 0.471. The van der Waals surface area contributed by atoms with Gasteiger partial charge in [0, 0.05) is 11.5 Å². The molecule has 0 radical (unpaired) electrons. The molecular formula is C7H14N4O3. The van der Waals surface area contributed by atoms with Crippen LogP contribution in [0.5, 0.6) is 0 Å². The van der Waals surface area contributed by atoms with Gasteiger partial charge < -0.3 is 15.5 Å². The average Bonchev–Trinajstić information content (AvgIpc) is 2.16. The molecule has 80 valence electrons. The van der Waals surface area contributed by atoms with Gasteiger partial charge >= 0.3 is 5.97 Å². The molecule has 1 unspecified atom stereocenters. The number of azide groups is 1. The predicted octanol–water partition coefficient (Wildman–Crippen LogP) is 0.112. The normalized spacial score (nSPS) is 11.8. The van der Waals surface area contributed by atoms with Crippen molar-refractivity contribution in [3.05, 3.63) is 10.4 Å². The van der Waals surface area contributed by atoms with Gasteiger partial charge in [-0.15, -0.1) is 0 Å². The highest BCUT2D eigenvalue weighted by Gasteiger charge is 2.13. The number of unbranched alkanes of at least 4 members (excludes halogenated alkanes) is 1. The number of hydrogen-bond acceptors (Lipinski definition) is 4. The van der Waals surface area contributed by atoms with Gasteiger partial charge in [0.05, 0.1) is 6.61 Å². The summed E-state index contributed by atoms with van der Waals surface area (Å²) in [6.07, 6.45) is 1.41. The molecule has 0 saturated heterocycles. The molecule has 0 rings (SSSR count). The van der Waals surface area contributed by atoms with Gasteiger partial charge in [-0.2, -0.15) is 0 Å². The van der Waals surface area contributed by atoms with Crippen LogP contribution >= 0.6 is 0 Å². The van der Waals surface area contributed by atoms with Crippen LogP contribution in [0.4, 0.5) is 0 Å². The van der Waals surface area contributed by atoms with Gasteiger partial charge in [-0.25, -0.2) is 0 Å². The van der Waals surface area contributed by atoms with Crippen molar-refractivity contribution in [3.8, 4) is 0 Å². The minimum Gasteiger partial charge on any atom is -0.480 e. The molecule has 3 N–H and O–H groups in total. The fraction of sp³-hybridized carbons (Fsp3) is 0.857. The lowest BCUT2D eigenvalue weighted by molar-refractivity contribution is -0.140. The molecule has 0 spiro atoms. The van der Waals surface area contributed by atoms with E-state index in [9.17, 15) is 4.79 Å². The van der Waals surface area contributed by atoms with Crippen LogP contribution in [0.2, 0.25) is 0 Å². The molecule has 0 bridgehead atoms. The predicted molar refractivity (Wildman–Crippen MR) is 49.8 cm³/mol. The number of hydrogen-bond donors (Lipinski definition) is 3. The summed E-state index contributed by atoms with van der Waals surface area (Å²) in [6, 6.07) is -0.908. The zero-order chi connectivity index (χ0) is 10.8. The zero-order valence-electron chi connectivity index (χ0n) is 7.76. The van der Waals surface area contributed by atoms with E-state index in [1.54, 1.807) is 0 Å². The first kappa shape index (κ1) is 12.7. The summed E-state index contributed by atoms with van der Waals surface area (Å²) in [5.74, 6) is -1.07. The summed E-state index contributed by atoms with van der Waals surface area (Å²) in [5.41, 5.74) is 7.95. The lowest BCUT2D eigenvalue weighted by atomic mass is 10.2. The van der Waals surface area contributed by atoms with E-state index in [4.69, 9.17) is 15.7 Å². The third-order valence-electron chi connectivity index (χ3n) is 1.62. The van der Waals surface area contributed by atoms with Crippen LogP contribution in [0.1, 0.15) is 12.8 Å². The number of carbonyl (C=O) groups is 1. The Balaban J connectivity index is 3.42. The Bertz CT molecular complexity index is 215. The van der Waals surface area contributed by atoms with Crippen molar-refractivity contribution < 1.29 is 15.0 Å². The average molecular weight is 202 g/mol. The molecule has 0 aliphatic heterocycles. The summed E-state index contributed by atoms with van der Waals surface area (Å²) < 4.78 is 0. The lowest BCUT2D eigenvalue weighted by Gasteiger charge is -2.10. The van der Waals surface area contributed by atoms with Crippen molar-refractivity contribution >= 4 is 5.97 Å². The van der Waals surface area contributed by atoms with Crippen LogP contribution in [0.25, 0.3) is 10.4 Å². The number of aliphatic hydroxyl groups is 1. The maximum atomic E-state index is 10.4. The Morgan fingerprint density at radius 1 is 1.57 bits per heavy atom. The first-order chi connectivity index (χ1) is 6.72. The van der Waals surface area contributed by atoms with E-state index in [1.165, 1.54) is 0 Å². The highest BCUT2D eigenvalue weighted by Crippen LogP contribution is 1.90. The number of rotatable bonds is 8. The first-order valence-electron chi connectivity index (χ1n) is 4.30. The fourth-order valence-electron chi connectivity index (χ4n) is 0.858. The van der Waals surface area contributed by atoms with E-state index in [0.717, 1.165) is 0 Å². The van der Waals surface area contributed by atoms with Crippen molar-refractivity contribution in [1.29, 1.82) is 0 Å². The molecule has 0 aromatic heterocycles. The third kappa shape index (κ3) is 6.24. The third-order valence-corrected chi connectivity index (χ3v) is 1.62. The zero-order valence-corrected chi connectivity index (χ0v) is 7.76. The van der Waals surface area contributed by atoms with Crippen molar-refractivity contribution in [2.75, 3.05) is 19.7 Å². The number of nitrogens with zero attached hydrogens (tertiary/aromatic N) is 3. The van der Waals surface area contributed by atoms with E-state index < -0.39 is 18.6 Å². The van der Waals surface area contributed by atoms with Crippen molar-refractivity contribution in [3.63, 3.8) is 0 Å². The van der Waals surface area contributed by atoms with Gasteiger partial charge in [-0.3, -0.25) is 4.79 Å². The largest absolute Gasteiger partial charge is 0.480 e. The summed E-state index contributed by atoms with van der Waals surface area (Å²) >= 11 is 0. The van der Waals surface area contributed by atoms with Crippen molar-refractivity contribution in [1.82, 2.24) is 5.32 Å². The summed E-state index contributed by atoms with van der Waals surface area (Å²) in [4.78, 5) is 13.0. The van der Waals surface area contributed by atoms with Gasteiger partial charge in [0.15, 0.2) is 0 Å². The molecule has 0 aromatic rings. The quantitative estimate of drug-likeness (QED) is 0.224. The standard InChI is InChI=1S/C7H14N4O3/c8-11-10-4-2-1-3-9-6(5-12)7(13)14/h6,9,12H,1-5H2,(H,13,14). The topological polar surface area (TPSA) is 118 Å². The Kier molecular flexibility index (Phi) is 7.53. The molecule has 0 fully saturated rings. The van der Waals surface area contributed by atoms with Crippen LogP contribution in [-0.2, 0) is 4.79 Å². The van der Waals surface area contributed by atoms with Crippen molar-refractivity contribution in [2.24, 2.45) is 5.11 Å². The number of carboxylic acid groups (broad SMARTS) is 1. The minimum atomic E-state index is -1.07. The molecule has 0 aliphatic rings. The second-order valence-corrected chi connectivity index (χ2v) is 2.69. The number of aliphatic carboxylic acids is 1. The number of aliphatic hydroxyl groups excluding tert-OH is 1. The van der Waals surface area contributed by atoms with Gasteiger partial charge in [-0.1, -0.05) is 5.11 Å². The van der Waals surface area contributed by atoms with Crippen LogP contribution in [0, 0.1) is 0 Å². The monoisotopic (exact) mass is 202 g/mol. The molecule has 7 heteroatoms. The van der Waals surface area contributed by atoms with E-state index in [1.807, 2.05) is 0 Å². The number of nitrogens with one attached hydrogen (secondary N) is 1. The molecule has 14 heavy (non-hydrogen) atoms. The molecule has 7 nitrogen and oxygen atoms in total. The maximum absolute atomic E-state index is 10.4. The van der Waals surface area contributed by atoms with Crippen molar-refractivity contribution in [2.45, 2.75) is 18.9 Å². The van der Waals surface area contributed by atoms with Gasteiger partial charge in [0.25, 0.3) is 0 Å². The Hall–Kier alpha value is -1.30. The van der Waals surface area contributed by atoms with E-state index in [-0.39, 0.29) is 0 Å². The summed E-state index contributed by atoms with van der Waals surface area (Å²) in [7, 11) is 0. The maximum Gasteiger partial charge on any atom is 0.323 e. The van der Waals surface area contributed by atoms with Gasteiger partial charge in [-0.05, 0) is 24.9 Å². The van der Waals surface area contributed by atoms with E-state index in [0.29, 0.717) is 25.9 Å². The molecule has 1 atom stereocenters. The fourth-order valence-corrected chi connectivity index (χ4v) is 0.858. The lowest BCUT2D eigenvalue weighted by Crippen LogP contribution is -2.40. The number of carboxylic acids is 1. The van der Waals surface area contributed by atoms with Crippen LogP contribution in [0.3, 0.4) is 0 Å². The molecule has 0 saturated carbocycles. The highest BCUT2D eigenvalue weighted by molar-refractivity contribution is 5.73. The van der Waals surface area contributed by atoms with Crippen LogP contribution < -0.4 is 5.32 Å². The minimum absolute atomic E-state index is 0.412. The molecule has 0 aromatic carbocycles. The Morgan fingerprint density at radius 3 is 2.79 bits per heavy atom. The second kappa shape index (κ2) is 8.31. The molecule has 0 heterocycles. The van der Waals surface area contributed by atoms with E-state index >= 15 is 0 Å². The smallest absolute Gasteiger partial charge is 0.323 e. The highest BCUT2D eigenvalue weighted by atomic mass is 16.4. The van der Waals surface area contributed by atoms with Gasteiger partial charge in [0.2, 0.25) is 0 Å². The van der Waals surface area contributed by atoms with Crippen LogP contribution in [-0.4, -0.2) is 41.9 Å². The Morgan fingerprint density at radius 2 is 2.29 bits per heavy atom. The molecular weight excluding hydrogens is 188 g/mol. The SMILES string of the molecule is [N-]=[N+]=NCCCCNC(CO)C(=O)O. The summed E-state index contributed by atoms with van der Waals surface area (Å²) in [5, 5.41) is 23.1. The van der Waals surface area contributed by atoms with Gasteiger partial charge in [0.1, 0.15) is 6.04 Å². The molecule has 0 aliphatic carbocycles. The van der Waals surface area contributed by atoms with E-state index in [2.05, 4.69) is 15.3 Å². The van der Waals surface area contributed by atoms with Crippen LogP contribution in [0.15, 0.2) is 5.11 Å². The Labute approximate surface area is 81.4 Å². The first-order valence-corrected chi connectivity index (χ1v) is 4.30.